The Labute approximate surface area is 120 Å². The van der Waals surface area contributed by atoms with E-state index in [1.54, 1.807) is 7.11 Å². The summed E-state index contributed by atoms with van der Waals surface area (Å²) in [7, 11) is 1.64. The summed E-state index contributed by atoms with van der Waals surface area (Å²) in [6.45, 7) is 6.31. The lowest BCUT2D eigenvalue weighted by Gasteiger charge is -2.28. The molecule has 0 saturated heterocycles. The molecular weight excluding hydrogens is 254 g/mol. The summed E-state index contributed by atoms with van der Waals surface area (Å²) >= 11 is 0. The van der Waals surface area contributed by atoms with Crippen LogP contribution in [0.25, 0.3) is 0 Å². The lowest BCUT2D eigenvalue weighted by atomic mass is 9.98. The van der Waals surface area contributed by atoms with E-state index in [0.717, 1.165) is 29.8 Å². The fourth-order valence-electron chi connectivity index (χ4n) is 2.51. The summed E-state index contributed by atoms with van der Waals surface area (Å²) < 4.78 is 10.9. The summed E-state index contributed by atoms with van der Waals surface area (Å²) in [5, 5.41) is 2.96. The molecule has 1 amide bonds. The highest BCUT2D eigenvalue weighted by Gasteiger charge is 2.48. The number of rotatable bonds is 6. The highest BCUT2D eigenvalue weighted by Crippen LogP contribution is 2.42. The molecular formula is C16H23NO3. The summed E-state index contributed by atoms with van der Waals surface area (Å²) in [4.78, 5) is 12.5. The molecule has 1 aliphatic carbocycles. The van der Waals surface area contributed by atoms with Gasteiger partial charge in [0.1, 0.15) is 11.4 Å². The summed E-state index contributed by atoms with van der Waals surface area (Å²) in [5.74, 6) is 1.09. The quantitative estimate of drug-likeness (QED) is 0.869. The number of hydrogen-bond acceptors (Lipinski definition) is 3. The molecule has 4 heteroatoms. The van der Waals surface area contributed by atoms with E-state index in [9.17, 15) is 4.79 Å². The van der Waals surface area contributed by atoms with Crippen molar-refractivity contribution in [3.8, 4) is 5.75 Å². The van der Waals surface area contributed by atoms with Crippen molar-refractivity contribution in [3.05, 3.63) is 23.8 Å². The Kier molecular flexibility index (Phi) is 4.33. The molecule has 1 N–H and O–H groups in total. The maximum atomic E-state index is 12.5. The van der Waals surface area contributed by atoms with E-state index in [2.05, 4.69) is 5.32 Å². The van der Waals surface area contributed by atoms with Crippen LogP contribution < -0.4 is 10.1 Å². The highest BCUT2D eigenvalue weighted by molar-refractivity contribution is 5.97. The van der Waals surface area contributed by atoms with Crippen molar-refractivity contribution in [3.63, 3.8) is 0 Å². The minimum absolute atomic E-state index is 0.0635. The van der Waals surface area contributed by atoms with Gasteiger partial charge in [0.25, 0.3) is 5.91 Å². The molecule has 1 aromatic carbocycles. The number of ether oxygens (including phenoxy) is 2. The Morgan fingerprint density at radius 2 is 2.15 bits per heavy atom. The number of nitrogens with one attached hydrogen (secondary N) is 1. The van der Waals surface area contributed by atoms with Crippen LogP contribution in [0.5, 0.6) is 5.75 Å². The van der Waals surface area contributed by atoms with Crippen molar-refractivity contribution in [2.45, 2.75) is 39.2 Å². The van der Waals surface area contributed by atoms with Gasteiger partial charge in [-0.05, 0) is 63.3 Å². The smallest absolute Gasteiger partial charge is 0.256 e. The van der Waals surface area contributed by atoms with Crippen molar-refractivity contribution in [1.29, 1.82) is 0 Å². The number of anilines is 1. The first-order valence-electron chi connectivity index (χ1n) is 7.11. The van der Waals surface area contributed by atoms with Crippen molar-refractivity contribution < 1.29 is 14.3 Å². The second kappa shape index (κ2) is 5.83. The van der Waals surface area contributed by atoms with E-state index in [1.165, 1.54) is 0 Å². The number of carbonyl (C=O) groups is 1. The Morgan fingerprint density at radius 3 is 2.65 bits per heavy atom. The number of aryl methyl sites for hydroxylation is 1. The molecule has 1 fully saturated rings. The Bertz CT molecular complexity index is 496. The molecule has 0 spiro atoms. The van der Waals surface area contributed by atoms with Crippen LogP contribution in [0.4, 0.5) is 5.69 Å². The normalized spacial score (nSPS) is 17.4. The van der Waals surface area contributed by atoms with Crippen molar-refractivity contribution in [2.24, 2.45) is 5.92 Å². The van der Waals surface area contributed by atoms with Crippen molar-refractivity contribution in [2.75, 3.05) is 19.0 Å². The van der Waals surface area contributed by atoms with E-state index in [0.29, 0.717) is 12.5 Å². The predicted octanol–water partition coefficient (Wildman–Crippen LogP) is 3.15. The number of carbonyl (C=O) groups excluding carboxylic acids is 1. The third-order valence-corrected chi connectivity index (χ3v) is 3.90. The van der Waals surface area contributed by atoms with Gasteiger partial charge in [-0.1, -0.05) is 0 Å². The monoisotopic (exact) mass is 277 g/mol. The number of benzene rings is 1. The first kappa shape index (κ1) is 14.9. The largest absolute Gasteiger partial charge is 0.496 e. The molecule has 0 radical (unpaired) electrons. The molecule has 0 aromatic heterocycles. The molecule has 1 saturated carbocycles. The van der Waals surface area contributed by atoms with Crippen molar-refractivity contribution in [1.82, 2.24) is 0 Å². The van der Waals surface area contributed by atoms with Gasteiger partial charge in [-0.2, -0.15) is 0 Å². The van der Waals surface area contributed by atoms with Gasteiger partial charge in [0.15, 0.2) is 0 Å². The van der Waals surface area contributed by atoms with Crippen molar-refractivity contribution >= 4 is 11.6 Å². The van der Waals surface area contributed by atoms with Crippen LogP contribution in [0.3, 0.4) is 0 Å². The summed E-state index contributed by atoms with van der Waals surface area (Å²) in [5.41, 5.74) is 1.05. The molecule has 110 valence electrons. The highest BCUT2D eigenvalue weighted by atomic mass is 16.5. The maximum Gasteiger partial charge on any atom is 0.256 e. The minimum atomic E-state index is -0.720. The van der Waals surface area contributed by atoms with Gasteiger partial charge in [-0.15, -0.1) is 0 Å². The number of methoxy groups -OCH3 is 1. The van der Waals surface area contributed by atoms with Gasteiger partial charge in [0.2, 0.25) is 0 Å². The molecule has 1 atom stereocenters. The van der Waals surface area contributed by atoms with Gasteiger partial charge < -0.3 is 14.8 Å². The third kappa shape index (κ3) is 2.96. The molecule has 2 rings (SSSR count). The molecule has 4 nitrogen and oxygen atoms in total. The molecule has 1 aliphatic rings. The van der Waals surface area contributed by atoms with Crippen LogP contribution in [-0.2, 0) is 9.53 Å². The van der Waals surface area contributed by atoms with Gasteiger partial charge in [-0.3, -0.25) is 4.79 Å². The second-order valence-corrected chi connectivity index (χ2v) is 5.45. The van der Waals surface area contributed by atoms with Crippen LogP contribution in [0.1, 0.15) is 32.3 Å². The second-order valence-electron chi connectivity index (χ2n) is 5.45. The van der Waals surface area contributed by atoms with Gasteiger partial charge in [-0.25, -0.2) is 0 Å². The molecule has 1 aromatic rings. The summed E-state index contributed by atoms with van der Waals surface area (Å²) in [6, 6.07) is 5.62. The zero-order valence-corrected chi connectivity index (χ0v) is 12.7. The van der Waals surface area contributed by atoms with Crippen LogP contribution >= 0.6 is 0 Å². The Morgan fingerprint density at radius 1 is 1.45 bits per heavy atom. The fourth-order valence-corrected chi connectivity index (χ4v) is 2.51. The average molecular weight is 277 g/mol. The van der Waals surface area contributed by atoms with Gasteiger partial charge in [0, 0.05) is 12.3 Å². The topological polar surface area (TPSA) is 47.6 Å². The maximum absolute atomic E-state index is 12.5. The standard InChI is InChI=1S/C16H23NO3/c1-5-20-16(3,12-6-7-12)15(18)17-13-8-9-14(19-4)11(2)10-13/h8-10,12H,5-7H2,1-4H3,(H,17,18)/t16-/m1/s1. The SMILES string of the molecule is CCO[C@@](C)(C(=O)Nc1ccc(OC)c(C)c1)C1CC1. The first-order chi connectivity index (χ1) is 9.51. The van der Waals surface area contributed by atoms with E-state index < -0.39 is 5.60 Å². The molecule has 0 heterocycles. The lowest BCUT2D eigenvalue weighted by Crippen LogP contribution is -2.44. The lowest BCUT2D eigenvalue weighted by molar-refractivity contribution is -0.141. The number of amides is 1. The predicted molar refractivity (Wildman–Crippen MR) is 79.1 cm³/mol. The van der Waals surface area contributed by atoms with E-state index in [1.807, 2.05) is 39.0 Å². The van der Waals surface area contributed by atoms with E-state index >= 15 is 0 Å². The minimum Gasteiger partial charge on any atom is -0.496 e. The Balaban J connectivity index is 2.12. The molecule has 0 aliphatic heterocycles. The average Bonchev–Trinajstić information content (AvgIpc) is 3.23. The number of hydrogen-bond donors (Lipinski definition) is 1. The van der Waals surface area contributed by atoms with E-state index in [-0.39, 0.29) is 5.91 Å². The van der Waals surface area contributed by atoms with Gasteiger partial charge >= 0.3 is 0 Å². The zero-order chi connectivity index (χ0) is 14.8. The third-order valence-electron chi connectivity index (χ3n) is 3.90. The van der Waals surface area contributed by atoms with Gasteiger partial charge in [0.05, 0.1) is 7.11 Å². The summed E-state index contributed by atoms with van der Waals surface area (Å²) in [6.07, 6.45) is 2.12. The Hall–Kier alpha value is -1.55. The molecule has 20 heavy (non-hydrogen) atoms. The van der Waals surface area contributed by atoms with Crippen LogP contribution in [-0.4, -0.2) is 25.2 Å². The van der Waals surface area contributed by atoms with Crippen LogP contribution in [0, 0.1) is 12.8 Å². The zero-order valence-electron chi connectivity index (χ0n) is 12.7. The fraction of sp³-hybridized carbons (Fsp3) is 0.562. The van der Waals surface area contributed by atoms with E-state index in [4.69, 9.17) is 9.47 Å². The first-order valence-corrected chi connectivity index (χ1v) is 7.11. The molecule has 0 bridgehead atoms. The van der Waals surface area contributed by atoms with Crippen LogP contribution in [0.15, 0.2) is 18.2 Å². The van der Waals surface area contributed by atoms with Crippen LogP contribution in [0.2, 0.25) is 0 Å². The molecule has 0 unspecified atom stereocenters.